The normalized spacial score (nSPS) is 21.8. The molecule has 1 aromatic rings. The number of nitrogens with zero attached hydrogens (tertiary/aromatic N) is 4. The molecular weight excluding hydrogens is 266 g/mol. The SMILES string of the molecule is CC(=O)C1=CN(Cc2cnc(N3CCC(C)C3)cn2)NC1. The average molecular weight is 287 g/mol. The fourth-order valence-corrected chi connectivity index (χ4v) is 2.69. The maximum atomic E-state index is 11.3. The van der Waals surface area contributed by atoms with E-state index in [2.05, 4.69) is 27.2 Å². The predicted octanol–water partition coefficient (Wildman–Crippen LogP) is 1.12. The van der Waals surface area contributed by atoms with Crippen LogP contribution in [0.5, 0.6) is 0 Å². The van der Waals surface area contributed by atoms with E-state index < -0.39 is 0 Å². The lowest BCUT2D eigenvalue weighted by atomic mass is 10.2. The molecule has 21 heavy (non-hydrogen) atoms. The zero-order valence-corrected chi connectivity index (χ0v) is 12.5. The van der Waals surface area contributed by atoms with Crippen molar-refractivity contribution in [1.82, 2.24) is 20.4 Å². The Morgan fingerprint density at radius 3 is 2.86 bits per heavy atom. The van der Waals surface area contributed by atoms with E-state index in [-0.39, 0.29) is 5.78 Å². The van der Waals surface area contributed by atoms with Crippen LogP contribution in [0.25, 0.3) is 0 Å². The van der Waals surface area contributed by atoms with Crippen LogP contribution in [0.4, 0.5) is 5.82 Å². The molecule has 1 aromatic heterocycles. The van der Waals surface area contributed by atoms with Crippen molar-refractivity contribution in [2.75, 3.05) is 24.5 Å². The highest BCUT2D eigenvalue weighted by Crippen LogP contribution is 2.21. The van der Waals surface area contributed by atoms with E-state index in [1.54, 1.807) is 6.92 Å². The number of hydrazine groups is 1. The van der Waals surface area contributed by atoms with E-state index in [4.69, 9.17) is 0 Å². The van der Waals surface area contributed by atoms with Crippen molar-refractivity contribution >= 4 is 11.6 Å². The maximum Gasteiger partial charge on any atom is 0.158 e. The molecule has 2 aliphatic rings. The Labute approximate surface area is 124 Å². The topological polar surface area (TPSA) is 61.4 Å². The fraction of sp³-hybridized carbons (Fsp3) is 0.533. The van der Waals surface area contributed by atoms with Gasteiger partial charge < -0.3 is 9.91 Å². The molecule has 112 valence electrons. The number of anilines is 1. The van der Waals surface area contributed by atoms with Gasteiger partial charge in [-0.1, -0.05) is 6.92 Å². The summed E-state index contributed by atoms with van der Waals surface area (Å²) >= 11 is 0. The summed E-state index contributed by atoms with van der Waals surface area (Å²) in [6, 6.07) is 0. The third-order valence-electron chi connectivity index (χ3n) is 4.01. The standard InChI is InChI=1S/C15H21N5O/c1-11-3-4-19(8-11)15-7-16-14(6-17-15)10-20-9-13(5-18-20)12(2)21/h6-7,9,11,18H,3-5,8,10H2,1-2H3. The molecule has 3 heterocycles. The average Bonchev–Trinajstić information content (AvgIpc) is 3.09. The summed E-state index contributed by atoms with van der Waals surface area (Å²) in [7, 11) is 0. The number of ketones is 1. The first-order chi connectivity index (χ1) is 10.1. The highest BCUT2D eigenvalue weighted by Gasteiger charge is 2.20. The van der Waals surface area contributed by atoms with Crippen molar-refractivity contribution in [3.8, 4) is 0 Å². The second-order valence-electron chi connectivity index (χ2n) is 5.88. The van der Waals surface area contributed by atoms with Gasteiger partial charge >= 0.3 is 0 Å². The number of hydrogen-bond donors (Lipinski definition) is 1. The molecule has 6 nitrogen and oxygen atoms in total. The zero-order valence-electron chi connectivity index (χ0n) is 12.5. The molecule has 1 N–H and O–H groups in total. The molecule has 1 fully saturated rings. The van der Waals surface area contributed by atoms with Gasteiger partial charge in [-0.25, -0.2) is 10.4 Å². The second-order valence-corrected chi connectivity index (χ2v) is 5.88. The number of hydrogen-bond acceptors (Lipinski definition) is 6. The van der Waals surface area contributed by atoms with Crippen LogP contribution in [0, 0.1) is 5.92 Å². The summed E-state index contributed by atoms with van der Waals surface area (Å²) in [6.07, 6.45) is 6.73. The summed E-state index contributed by atoms with van der Waals surface area (Å²) in [5.41, 5.74) is 4.84. The van der Waals surface area contributed by atoms with Gasteiger partial charge in [-0.05, 0) is 19.3 Å². The lowest BCUT2D eigenvalue weighted by Crippen LogP contribution is -2.29. The summed E-state index contributed by atoms with van der Waals surface area (Å²) in [6.45, 7) is 7.18. The van der Waals surface area contributed by atoms with Crippen molar-refractivity contribution in [1.29, 1.82) is 0 Å². The third-order valence-corrected chi connectivity index (χ3v) is 4.01. The monoisotopic (exact) mass is 287 g/mol. The highest BCUT2D eigenvalue weighted by atomic mass is 16.1. The van der Waals surface area contributed by atoms with Gasteiger partial charge in [0.15, 0.2) is 5.78 Å². The van der Waals surface area contributed by atoms with Crippen molar-refractivity contribution in [3.05, 3.63) is 29.9 Å². The van der Waals surface area contributed by atoms with Gasteiger partial charge in [-0.3, -0.25) is 9.78 Å². The van der Waals surface area contributed by atoms with Gasteiger partial charge in [0.2, 0.25) is 0 Å². The maximum absolute atomic E-state index is 11.3. The first kappa shape index (κ1) is 14.0. The van der Waals surface area contributed by atoms with Crippen LogP contribution in [0.2, 0.25) is 0 Å². The van der Waals surface area contributed by atoms with Gasteiger partial charge in [0.25, 0.3) is 0 Å². The van der Waals surface area contributed by atoms with E-state index in [0.717, 1.165) is 36.1 Å². The Balaban J connectivity index is 1.61. The van der Waals surface area contributed by atoms with Crippen molar-refractivity contribution in [2.45, 2.75) is 26.8 Å². The summed E-state index contributed by atoms with van der Waals surface area (Å²) in [4.78, 5) is 22.6. The Morgan fingerprint density at radius 2 is 2.29 bits per heavy atom. The minimum absolute atomic E-state index is 0.106. The number of carbonyl (C=O) groups excluding carboxylic acids is 1. The number of Topliss-reactive ketones (excluding diaryl/α,β-unsaturated/α-hetero) is 1. The molecule has 0 aromatic carbocycles. The number of carbonyl (C=O) groups is 1. The van der Waals surface area contributed by atoms with Gasteiger partial charge in [-0.2, -0.15) is 0 Å². The molecule has 0 spiro atoms. The van der Waals surface area contributed by atoms with Crippen LogP contribution < -0.4 is 10.3 Å². The van der Waals surface area contributed by atoms with Gasteiger partial charge in [0, 0.05) is 31.4 Å². The molecular formula is C15H21N5O. The van der Waals surface area contributed by atoms with E-state index >= 15 is 0 Å². The van der Waals surface area contributed by atoms with Gasteiger partial charge in [0.1, 0.15) is 5.82 Å². The number of aromatic nitrogens is 2. The summed E-state index contributed by atoms with van der Waals surface area (Å²) < 4.78 is 0. The fourth-order valence-electron chi connectivity index (χ4n) is 2.69. The van der Waals surface area contributed by atoms with Crippen LogP contribution >= 0.6 is 0 Å². The van der Waals surface area contributed by atoms with E-state index in [1.807, 2.05) is 23.6 Å². The molecule has 1 atom stereocenters. The number of rotatable bonds is 4. The smallest absolute Gasteiger partial charge is 0.158 e. The van der Waals surface area contributed by atoms with Gasteiger partial charge in [0.05, 0.1) is 24.6 Å². The summed E-state index contributed by atoms with van der Waals surface area (Å²) in [5.74, 6) is 1.79. The molecule has 0 bridgehead atoms. The van der Waals surface area contributed by atoms with E-state index in [1.165, 1.54) is 6.42 Å². The molecule has 1 saturated heterocycles. The Bertz CT molecular complexity index is 554. The van der Waals surface area contributed by atoms with Crippen molar-refractivity contribution < 1.29 is 4.79 Å². The van der Waals surface area contributed by atoms with E-state index in [9.17, 15) is 4.79 Å². The van der Waals surface area contributed by atoms with Crippen molar-refractivity contribution in [2.24, 2.45) is 5.92 Å². The largest absolute Gasteiger partial charge is 0.355 e. The molecule has 3 rings (SSSR count). The van der Waals surface area contributed by atoms with Crippen LogP contribution in [0.3, 0.4) is 0 Å². The minimum atomic E-state index is 0.106. The molecule has 0 radical (unpaired) electrons. The van der Waals surface area contributed by atoms with Crippen LogP contribution in [0.15, 0.2) is 24.2 Å². The molecule has 1 unspecified atom stereocenters. The van der Waals surface area contributed by atoms with Crippen LogP contribution in [-0.2, 0) is 11.3 Å². The van der Waals surface area contributed by atoms with Crippen LogP contribution in [0.1, 0.15) is 26.0 Å². The first-order valence-electron chi connectivity index (χ1n) is 7.39. The lowest BCUT2D eigenvalue weighted by Gasteiger charge is -2.18. The lowest BCUT2D eigenvalue weighted by molar-refractivity contribution is -0.113. The quantitative estimate of drug-likeness (QED) is 0.895. The Kier molecular flexibility index (Phi) is 3.88. The zero-order chi connectivity index (χ0) is 14.8. The molecule has 2 aliphatic heterocycles. The minimum Gasteiger partial charge on any atom is -0.355 e. The first-order valence-corrected chi connectivity index (χ1v) is 7.39. The molecule has 0 saturated carbocycles. The van der Waals surface area contributed by atoms with Crippen molar-refractivity contribution in [3.63, 3.8) is 0 Å². The molecule has 0 aliphatic carbocycles. The Morgan fingerprint density at radius 1 is 1.43 bits per heavy atom. The second kappa shape index (κ2) is 5.81. The summed E-state index contributed by atoms with van der Waals surface area (Å²) in [5, 5.41) is 1.89. The third kappa shape index (κ3) is 3.21. The van der Waals surface area contributed by atoms with Crippen LogP contribution in [-0.4, -0.2) is 40.4 Å². The molecule has 0 amide bonds. The Hall–Kier alpha value is -1.95. The predicted molar refractivity (Wildman–Crippen MR) is 80.3 cm³/mol. The van der Waals surface area contributed by atoms with E-state index in [0.29, 0.717) is 13.1 Å². The van der Waals surface area contributed by atoms with Gasteiger partial charge in [-0.15, -0.1) is 0 Å². The number of nitrogens with one attached hydrogen (secondary N) is 1. The highest BCUT2D eigenvalue weighted by molar-refractivity contribution is 5.93. The molecule has 6 heteroatoms.